The molecule has 4 aromatic rings. The maximum absolute atomic E-state index is 13.2. The fourth-order valence-corrected chi connectivity index (χ4v) is 4.84. The van der Waals surface area contributed by atoms with Crippen LogP contribution in [0, 0.1) is 11.8 Å². The molecule has 42 heavy (non-hydrogen) atoms. The molecule has 1 aliphatic rings. The van der Waals surface area contributed by atoms with Crippen molar-refractivity contribution in [3.8, 4) is 11.8 Å². The van der Waals surface area contributed by atoms with E-state index in [1.165, 1.54) is 7.11 Å². The van der Waals surface area contributed by atoms with Gasteiger partial charge in [-0.05, 0) is 62.6 Å². The van der Waals surface area contributed by atoms with Gasteiger partial charge in [0.2, 0.25) is 0 Å². The second-order valence-corrected chi connectivity index (χ2v) is 10.7. The molecule has 1 unspecified atom stereocenters. The van der Waals surface area contributed by atoms with E-state index in [9.17, 15) is 14.7 Å². The molecule has 216 valence electrons. The smallest absolute Gasteiger partial charge is 0.356 e. The monoisotopic (exact) mass is 566 g/mol. The molecule has 9 heteroatoms. The first kappa shape index (κ1) is 28.9. The van der Waals surface area contributed by atoms with Crippen LogP contribution in [0.4, 0.5) is 11.4 Å². The predicted octanol–water partition coefficient (Wildman–Crippen LogP) is 4.99. The van der Waals surface area contributed by atoms with Gasteiger partial charge in [0.1, 0.15) is 11.2 Å². The molecule has 1 saturated heterocycles. The molecule has 0 aliphatic carbocycles. The highest BCUT2D eigenvalue weighted by Crippen LogP contribution is 2.34. The molecule has 2 aromatic carbocycles. The molecule has 9 nitrogen and oxygen atoms in total. The molecule has 3 N–H and O–H groups in total. The number of methoxy groups -OCH3 is 1. The Morgan fingerprint density at radius 3 is 2.60 bits per heavy atom. The Kier molecular flexibility index (Phi) is 8.57. The maximum Gasteiger partial charge on any atom is 0.356 e. The zero-order valence-electron chi connectivity index (χ0n) is 23.9. The average Bonchev–Trinajstić information content (AvgIpc) is 3.61. The fourth-order valence-electron chi connectivity index (χ4n) is 4.84. The van der Waals surface area contributed by atoms with Crippen molar-refractivity contribution in [2.24, 2.45) is 0 Å². The quantitative estimate of drug-likeness (QED) is 0.203. The van der Waals surface area contributed by atoms with Crippen molar-refractivity contribution >= 4 is 34.3 Å². The van der Waals surface area contributed by atoms with Gasteiger partial charge < -0.3 is 29.8 Å². The van der Waals surface area contributed by atoms with E-state index in [-0.39, 0.29) is 17.7 Å². The molecule has 5 rings (SSSR count). The van der Waals surface area contributed by atoms with Crippen LogP contribution in [0.5, 0.6) is 0 Å². The lowest BCUT2D eigenvalue weighted by Crippen LogP contribution is -2.21. The number of hydrogen-bond acceptors (Lipinski definition) is 7. The fraction of sp³-hybridized carbons (Fsp3) is 0.303. The lowest BCUT2D eigenvalue weighted by atomic mass is 10.1. The third-order valence-corrected chi connectivity index (χ3v) is 6.93. The number of ether oxygens (including phenoxy) is 2. The second kappa shape index (κ2) is 12.5. The first-order valence-corrected chi connectivity index (χ1v) is 13.9. The summed E-state index contributed by atoms with van der Waals surface area (Å²) in [5.74, 6) is 4.87. The number of benzene rings is 2. The lowest BCUT2D eigenvalue weighted by molar-refractivity contribution is 0.0580. The molecule has 1 atom stereocenters. The van der Waals surface area contributed by atoms with Crippen molar-refractivity contribution in [1.82, 2.24) is 9.55 Å². The van der Waals surface area contributed by atoms with Gasteiger partial charge in [-0.1, -0.05) is 42.2 Å². The first-order chi connectivity index (χ1) is 20.2. The highest BCUT2D eigenvalue weighted by atomic mass is 16.5. The van der Waals surface area contributed by atoms with Gasteiger partial charge in [-0.3, -0.25) is 4.79 Å². The van der Waals surface area contributed by atoms with Gasteiger partial charge in [0, 0.05) is 29.7 Å². The summed E-state index contributed by atoms with van der Waals surface area (Å²) in [6, 6.07) is 18.5. The second-order valence-electron chi connectivity index (χ2n) is 10.7. The number of carbonyl (C=O) groups is 2. The summed E-state index contributed by atoms with van der Waals surface area (Å²) >= 11 is 0. The van der Waals surface area contributed by atoms with Crippen LogP contribution in [0.25, 0.3) is 11.0 Å². The summed E-state index contributed by atoms with van der Waals surface area (Å²) < 4.78 is 12.8. The number of fused-ring (bicyclic) bond motifs is 1. The number of nitrogens with one attached hydrogen (secondary N) is 2. The number of anilines is 2. The SMILES string of the molecule is COC(=O)c1c(NC(=O)c2ccccc2)c2cc(NCc3ccc(C#CC(C)(C)O)cc3)cnc2n1CC1CCCO1. The van der Waals surface area contributed by atoms with Crippen molar-refractivity contribution in [3.63, 3.8) is 0 Å². The van der Waals surface area contributed by atoms with Crippen LogP contribution in [0.1, 0.15) is 58.7 Å². The Morgan fingerprint density at radius 2 is 1.93 bits per heavy atom. The summed E-state index contributed by atoms with van der Waals surface area (Å²) in [7, 11) is 1.32. The Morgan fingerprint density at radius 1 is 1.17 bits per heavy atom. The molecule has 0 bridgehead atoms. The van der Waals surface area contributed by atoms with Crippen LogP contribution in [-0.2, 0) is 22.6 Å². The minimum absolute atomic E-state index is 0.0719. The Balaban J connectivity index is 1.48. The average molecular weight is 567 g/mol. The molecule has 0 radical (unpaired) electrons. The van der Waals surface area contributed by atoms with Crippen molar-refractivity contribution in [2.75, 3.05) is 24.4 Å². The number of aromatic nitrogens is 2. The number of pyridine rings is 1. The summed E-state index contributed by atoms with van der Waals surface area (Å²) in [6.07, 6.45) is 3.45. The van der Waals surface area contributed by atoms with Crippen molar-refractivity contribution < 1.29 is 24.2 Å². The Labute approximate surface area is 244 Å². The van der Waals surface area contributed by atoms with E-state index in [2.05, 4.69) is 22.5 Å². The topological polar surface area (TPSA) is 115 Å². The predicted molar refractivity (Wildman–Crippen MR) is 161 cm³/mol. The summed E-state index contributed by atoms with van der Waals surface area (Å²) in [5.41, 5.74) is 3.07. The van der Waals surface area contributed by atoms with Crippen molar-refractivity contribution in [3.05, 3.63) is 89.2 Å². The number of carbonyl (C=O) groups excluding carboxylic acids is 2. The Bertz CT molecular complexity index is 1640. The highest BCUT2D eigenvalue weighted by Gasteiger charge is 2.29. The zero-order chi connectivity index (χ0) is 29.7. The van der Waals surface area contributed by atoms with Crippen LogP contribution in [0.2, 0.25) is 0 Å². The standard InChI is InChI=1S/C33H34N4O5/c1-33(2,40)16-15-22-11-13-23(14-12-22)19-34-25-18-27-28(36-31(38)24-8-5-4-6-9-24)29(32(39)41-3)37(30(27)35-20-25)21-26-10-7-17-42-26/h4-6,8-9,11-14,18,20,26,34,40H,7,10,17,19,21H2,1-3H3,(H,36,38). The van der Waals surface area contributed by atoms with Crippen LogP contribution >= 0.6 is 0 Å². The zero-order valence-corrected chi connectivity index (χ0v) is 23.9. The third kappa shape index (κ3) is 6.79. The minimum atomic E-state index is -1.05. The van der Waals surface area contributed by atoms with Gasteiger partial charge in [-0.25, -0.2) is 9.78 Å². The summed E-state index contributed by atoms with van der Waals surface area (Å²) in [5, 5.41) is 16.8. The van der Waals surface area contributed by atoms with E-state index in [0.29, 0.717) is 47.7 Å². The van der Waals surface area contributed by atoms with Crippen LogP contribution < -0.4 is 10.6 Å². The van der Waals surface area contributed by atoms with Gasteiger partial charge in [-0.15, -0.1) is 0 Å². The number of esters is 1. The van der Waals surface area contributed by atoms with E-state index in [4.69, 9.17) is 14.5 Å². The molecule has 1 amide bonds. The van der Waals surface area contributed by atoms with Crippen LogP contribution in [0.3, 0.4) is 0 Å². The van der Waals surface area contributed by atoms with Crippen molar-refractivity contribution in [1.29, 1.82) is 0 Å². The number of rotatable bonds is 8. The lowest BCUT2D eigenvalue weighted by Gasteiger charge is -2.14. The molecule has 1 aliphatic heterocycles. The van der Waals surface area contributed by atoms with E-state index >= 15 is 0 Å². The largest absolute Gasteiger partial charge is 0.464 e. The molecular weight excluding hydrogens is 532 g/mol. The molecule has 3 heterocycles. The van der Waals surface area contributed by atoms with E-state index in [1.807, 2.05) is 36.4 Å². The normalized spacial score (nSPS) is 14.7. The number of hydrogen-bond donors (Lipinski definition) is 3. The third-order valence-electron chi connectivity index (χ3n) is 6.93. The number of aliphatic hydroxyl groups is 1. The van der Waals surface area contributed by atoms with Gasteiger partial charge in [-0.2, -0.15) is 0 Å². The molecule has 0 spiro atoms. The van der Waals surface area contributed by atoms with Gasteiger partial charge in [0.25, 0.3) is 5.91 Å². The molecule has 0 saturated carbocycles. The number of nitrogens with zero attached hydrogens (tertiary/aromatic N) is 2. The maximum atomic E-state index is 13.2. The minimum Gasteiger partial charge on any atom is -0.464 e. The number of amides is 1. The Hall–Kier alpha value is -4.65. The molecule has 1 fully saturated rings. The van der Waals surface area contributed by atoms with Crippen LogP contribution in [-0.4, -0.2) is 52.0 Å². The van der Waals surface area contributed by atoms with Gasteiger partial charge in [0.05, 0.1) is 37.3 Å². The summed E-state index contributed by atoms with van der Waals surface area (Å²) in [6.45, 7) is 4.88. The van der Waals surface area contributed by atoms with Crippen LogP contribution in [0.15, 0.2) is 66.9 Å². The molecular formula is C33H34N4O5. The molecule has 2 aromatic heterocycles. The van der Waals surface area contributed by atoms with E-state index in [0.717, 1.165) is 24.0 Å². The highest BCUT2D eigenvalue weighted by molar-refractivity contribution is 6.14. The van der Waals surface area contributed by atoms with Gasteiger partial charge in [0.15, 0.2) is 5.69 Å². The first-order valence-electron chi connectivity index (χ1n) is 13.9. The van der Waals surface area contributed by atoms with Gasteiger partial charge >= 0.3 is 5.97 Å². The summed E-state index contributed by atoms with van der Waals surface area (Å²) in [4.78, 5) is 31.1. The van der Waals surface area contributed by atoms with E-state index in [1.54, 1.807) is 48.9 Å². The van der Waals surface area contributed by atoms with E-state index < -0.39 is 11.6 Å². The van der Waals surface area contributed by atoms with Crippen molar-refractivity contribution in [2.45, 2.75) is 51.5 Å².